The van der Waals surface area contributed by atoms with Crippen LogP contribution in [0.25, 0.3) is 5.52 Å². The van der Waals surface area contributed by atoms with Gasteiger partial charge in [0.2, 0.25) is 0 Å². The number of aliphatic hydroxyl groups is 1. The number of pyridine rings is 1. The summed E-state index contributed by atoms with van der Waals surface area (Å²) in [6.07, 6.45) is 4.33. The number of ether oxygens (including phenoxy) is 1. The van der Waals surface area contributed by atoms with Gasteiger partial charge in [0.1, 0.15) is 12.4 Å². The van der Waals surface area contributed by atoms with E-state index in [1.807, 2.05) is 23.6 Å². The van der Waals surface area contributed by atoms with Gasteiger partial charge in [-0.3, -0.25) is 4.79 Å². The van der Waals surface area contributed by atoms with Crippen LogP contribution in [0.15, 0.2) is 18.3 Å². The highest BCUT2D eigenvalue weighted by Gasteiger charge is 2.31. The number of aromatic nitrogens is 2. The van der Waals surface area contributed by atoms with Gasteiger partial charge in [0.25, 0.3) is 0 Å². The van der Waals surface area contributed by atoms with Gasteiger partial charge in [0, 0.05) is 12.3 Å². The first kappa shape index (κ1) is 15.0. The highest BCUT2D eigenvalue weighted by atomic mass is 16.5. The number of nitrogens with zero attached hydrogens (tertiary/aromatic N) is 2. The van der Waals surface area contributed by atoms with Gasteiger partial charge in [-0.05, 0) is 38.8 Å². The molecular weight excluding hydrogens is 280 g/mol. The van der Waals surface area contributed by atoms with Crippen LogP contribution in [0, 0.1) is 0 Å². The molecule has 1 aliphatic rings. The summed E-state index contributed by atoms with van der Waals surface area (Å²) >= 11 is 0. The van der Waals surface area contributed by atoms with E-state index in [1.54, 1.807) is 20.0 Å². The molecule has 2 heterocycles. The van der Waals surface area contributed by atoms with Crippen molar-refractivity contribution in [2.24, 2.45) is 0 Å². The lowest BCUT2D eigenvalue weighted by molar-refractivity contribution is 0.0279. The average Bonchev–Trinajstić information content (AvgIpc) is 3.21. The molecule has 2 aromatic rings. The molecule has 5 heteroatoms. The molecule has 2 aromatic heterocycles. The average molecular weight is 302 g/mol. The van der Waals surface area contributed by atoms with E-state index in [9.17, 15) is 9.90 Å². The molecule has 118 valence electrons. The van der Waals surface area contributed by atoms with Gasteiger partial charge in [0.05, 0.1) is 28.6 Å². The van der Waals surface area contributed by atoms with E-state index in [0.717, 1.165) is 29.8 Å². The summed E-state index contributed by atoms with van der Waals surface area (Å²) in [7, 11) is 0. The van der Waals surface area contributed by atoms with E-state index in [0.29, 0.717) is 17.9 Å². The second-order valence-corrected chi connectivity index (χ2v) is 6.59. The predicted molar refractivity (Wildman–Crippen MR) is 83.6 cm³/mol. The molecule has 0 saturated heterocycles. The summed E-state index contributed by atoms with van der Waals surface area (Å²) < 4.78 is 7.64. The number of ketones is 1. The van der Waals surface area contributed by atoms with E-state index < -0.39 is 5.60 Å². The molecule has 0 spiro atoms. The Morgan fingerprint density at radius 1 is 1.45 bits per heavy atom. The monoisotopic (exact) mass is 302 g/mol. The lowest BCUT2D eigenvalue weighted by Crippen LogP contribution is -2.28. The third kappa shape index (κ3) is 2.86. The summed E-state index contributed by atoms with van der Waals surface area (Å²) in [6.45, 7) is 5.51. The molecule has 22 heavy (non-hydrogen) atoms. The molecule has 1 fully saturated rings. The Labute approximate surface area is 129 Å². The minimum absolute atomic E-state index is 0.0990. The molecule has 0 atom stereocenters. The van der Waals surface area contributed by atoms with E-state index in [4.69, 9.17) is 4.74 Å². The van der Waals surface area contributed by atoms with Crippen molar-refractivity contribution in [1.82, 2.24) is 9.61 Å². The summed E-state index contributed by atoms with van der Waals surface area (Å²) in [5.41, 5.74) is 1.63. The van der Waals surface area contributed by atoms with Crippen LogP contribution >= 0.6 is 0 Å². The smallest absolute Gasteiger partial charge is 0.166 e. The van der Waals surface area contributed by atoms with Gasteiger partial charge >= 0.3 is 0 Å². The predicted octanol–water partition coefficient (Wildman–Crippen LogP) is 2.95. The standard InChI is InChI=1S/C17H22N2O3/c1-4-14(20)12-9-18-19-13(12)7-8-15(16(19)11-5-6-11)22-10-17(2,3)21/h7-9,11,21H,4-6,10H2,1-3H3. The van der Waals surface area contributed by atoms with Crippen molar-refractivity contribution in [2.45, 2.75) is 51.6 Å². The molecular formula is C17H22N2O3. The first-order chi connectivity index (χ1) is 10.4. The fraction of sp³-hybridized carbons (Fsp3) is 0.529. The maximum atomic E-state index is 12.0. The molecule has 0 aliphatic heterocycles. The molecule has 0 radical (unpaired) electrons. The lowest BCUT2D eigenvalue weighted by atomic mass is 10.1. The highest BCUT2D eigenvalue weighted by molar-refractivity contribution is 6.02. The van der Waals surface area contributed by atoms with Crippen LogP contribution in [0.4, 0.5) is 0 Å². The van der Waals surface area contributed by atoms with Gasteiger partial charge < -0.3 is 9.84 Å². The largest absolute Gasteiger partial charge is 0.489 e. The lowest BCUT2D eigenvalue weighted by Gasteiger charge is -2.20. The molecule has 1 aliphatic carbocycles. The Hall–Kier alpha value is -1.88. The zero-order valence-corrected chi connectivity index (χ0v) is 13.3. The van der Waals surface area contributed by atoms with Crippen LogP contribution < -0.4 is 4.74 Å². The minimum Gasteiger partial charge on any atom is -0.489 e. The normalized spacial score (nSPS) is 15.3. The van der Waals surface area contributed by atoms with E-state index in [1.165, 1.54) is 0 Å². The van der Waals surface area contributed by atoms with Crippen molar-refractivity contribution in [3.63, 3.8) is 0 Å². The SMILES string of the molecule is CCC(=O)c1cnn2c(C3CC3)c(OCC(C)(C)O)ccc12. The van der Waals surface area contributed by atoms with Crippen molar-refractivity contribution >= 4 is 11.3 Å². The zero-order chi connectivity index (χ0) is 15.9. The fourth-order valence-corrected chi connectivity index (χ4v) is 2.57. The van der Waals surface area contributed by atoms with Crippen molar-refractivity contribution in [3.8, 4) is 5.75 Å². The number of Topliss-reactive ketones (excluding diaryl/α,β-unsaturated/α-hetero) is 1. The molecule has 5 nitrogen and oxygen atoms in total. The van der Waals surface area contributed by atoms with Gasteiger partial charge in [0.15, 0.2) is 5.78 Å². The van der Waals surface area contributed by atoms with Crippen molar-refractivity contribution < 1.29 is 14.6 Å². The van der Waals surface area contributed by atoms with Crippen LogP contribution in [-0.4, -0.2) is 32.7 Å². The maximum Gasteiger partial charge on any atom is 0.166 e. The van der Waals surface area contributed by atoms with Crippen molar-refractivity contribution in [3.05, 3.63) is 29.6 Å². The second-order valence-electron chi connectivity index (χ2n) is 6.59. The third-order valence-electron chi connectivity index (χ3n) is 3.85. The summed E-state index contributed by atoms with van der Waals surface area (Å²) in [6, 6.07) is 3.77. The van der Waals surface area contributed by atoms with E-state index in [-0.39, 0.29) is 12.4 Å². The molecule has 1 saturated carbocycles. The van der Waals surface area contributed by atoms with Crippen molar-refractivity contribution in [2.75, 3.05) is 6.61 Å². The molecule has 0 aromatic carbocycles. The summed E-state index contributed by atoms with van der Waals surface area (Å²) in [5.74, 6) is 1.27. The quantitative estimate of drug-likeness (QED) is 0.833. The highest BCUT2D eigenvalue weighted by Crippen LogP contribution is 2.44. The minimum atomic E-state index is -0.886. The first-order valence-electron chi connectivity index (χ1n) is 7.79. The van der Waals surface area contributed by atoms with E-state index >= 15 is 0 Å². The van der Waals surface area contributed by atoms with Crippen LogP contribution in [0.2, 0.25) is 0 Å². The Balaban J connectivity index is 2.03. The number of hydrogen-bond donors (Lipinski definition) is 1. The maximum absolute atomic E-state index is 12.0. The molecule has 0 amide bonds. The van der Waals surface area contributed by atoms with Gasteiger partial charge in [-0.25, -0.2) is 4.52 Å². The molecule has 3 rings (SSSR count). The Bertz CT molecular complexity index is 708. The van der Waals surface area contributed by atoms with Gasteiger partial charge in [-0.2, -0.15) is 5.10 Å². The molecule has 0 unspecified atom stereocenters. The van der Waals surface area contributed by atoms with Gasteiger partial charge in [-0.1, -0.05) is 6.92 Å². The van der Waals surface area contributed by atoms with E-state index in [2.05, 4.69) is 5.10 Å². The number of fused-ring (bicyclic) bond motifs is 1. The van der Waals surface area contributed by atoms with Crippen molar-refractivity contribution in [1.29, 1.82) is 0 Å². The van der Waals surface area contributed by atoms with Crippen LogP contribution in [0.3, 0.4) is 0 Å². The summed E-state index contributed by atoms with van der Waals surface area (Å²) in [4.78, 5) is 12.0. The topological polar surface area (TPSA) is 63.8 Å². The zero-order valence-electron chi connectivity index (χ0n) is 13.3. The Morgan fingerprint density at radius 3 is 2.77 bits per heavy atom. The van der Waals surface area contributed by atoms with Gasteiger partial charge in [-0.15, -0.1) is 0 Å². The van der Waals surface area contributed by atoms with Crippen LogP contribution in [0.5, 0.6) is 5.75 Å². The number of carbonyl (C=O) groups is 1. The Kier molecular flexibility index (Phi) is 3.68. The first-order valence-corrected chi connectivity index (χ1v) is 7.79. The third-order valence-corrected chi connectivity index (χ3v) is 3.85. The number of rotatable bonds is 6. The fourth-order valence-electron chi connectivity index (χ4n) is 2.57. The number of hydrogen-bond acceptors (Lipinski definition) is 4. The Morgan fingerprint density at radius 2 is 2.18 bits per heavy atom. The molecule has 1 N–H and O–H groups in total. The molecule has 0 bridgehead atoms. The van der Waals surface area contributed by atoms with Crippen LogP contribution in [0.1, 0.15) is 62.0 Å². The number of carbonyl (C=O) groups excluding carboxylic acids is 1. The second kappa shape index (κ2) is 5.39. The summed E-state index contributed by atoms with van der Waals surface area (Å²) in [5, 5.41) is 14.3. The van der Waals surface area contributed by atoms with Crippen LogP contribution in [-0.2, 0) is 0 Å².